The highest BCUT2D eigenvalue weighted by atomic mass is 16.5. The van der Waals surface area contributed by atoms with E-state index in [4.69, 9.17) is 4.74 Å². The number of nitrogens with one attached hydrogen (secondary N) is 1. The van der Waals surface area contributed by atoms with E-state index in [0.717, 1.165) is 29.0 Å². The second kappa shape index (κ2) is 6.21. The highest BCUT2D eigenvalue weighted by molar-refractivity contribution is 5.86. The molecule has 0 bridgehead atoms. The first kappa shape index (κ1) is 15.5. The van der Waals surface area contributed by atoms with Crippen LogP contribution in [0.15, 0.2) is 60.1 Å². The van der Waals surface area contributed by atoms with Crippen molar-refractivity contribution in [2.45, 2.75) is 6.54 Å². The van der Waals surface area contributed by atoms with Crippen LogP contribution in [-0.2, 0) is 6.54 Å². The molecular formula is C20H16N6O. The molecule has 0 aliphatic carbocycles. The van der Waals surface area contributed by atoms with Gasteiger partial charge < -0.3 is 14.5 Å². The van der Waals surface area contributed by atoms with Crippen LogP contribution in [0.1, 0.15) is 11.1 Å². The summed E-state index contributed by atoms with van der Waals surface area (Å²) in [5, 5.41) is 3.33. The number of methoxy groups -OCH3 is 1. The molecule has 5 rings (SSSR count). The van der Waals surface area contributed by atoms with Crippen LogP contribution in [-0.4, -0.2) is 32.7 Å². The largest absolute Gasteiger partial charge is 0.467 e. The molecule has 1 aromatic carbocycles. The second-order valence-corrected chi connectivity index (χ2v) is 6.24. The van der Waals surface area contributed by atoms with E-state index in [9.17, 15) is 0 Å². The lowest BCUT2D eigenvalue weighted by Crippen LogP contribution is -2.00. The van der Waals surface area contributed by atoms with Gasteiger partial charge in [0.25, 0.3) is 0 Å². The zero-order valence-corrected chi connectivity index (χ0v) is 14.6. The number of fused-ring (bicyclic) bond motifs is 2. The zero-order chi connectivity index (χ0) is 18.2. The Balaban J connectivity index is 1.59. The molecule has 3 aromatic heterocycles. The highest BCUT2D eigenvalue weighted by Crippen LogP contribution is 2.30. The van der Waals surface area contributed by atoms with Gasteiger partial charge in [0.2, 0.25) is 0 Å². The third-order valence-corrected chi connectivity index (χ3v) is 4.53. The number of benzene rings is 1. The first-order chi connectivity index (χ1) is 13.3. The summed E-state index contributed by atoms with van der Waals surface area (Å²) in [5.74, 6) is 0.645. The minimum absolute atomic E-state index is 0.314. The van der Waals surface area contributed by atoms with Gasteiger partial charge in [0, 0.05) is 36.6 Å². The van der Waals surface area contributed by atoms with Crippen molar-refractivity contribution in [3.05, 3.63) is 66.2 Å². The Labute approximate surface area is 155 Å². The molecule has 0 saturated carbocycles. The summed E-state index contributed by atoms with van der Waals surface area (Å²) in [5.41, 5.74) is 6.33. The lowest BCUT2D eigenvalue weighted by Gasteiger charge is -2.11. The van der Waals surface area contributed by atoms with E-state index in [2.05, 4.69) is 55.7 Å². The lowest BCUT2D eigenvalue weighted by atomic mass is 10.0. The fourth-order valence-corrected chi connectivity index (χ4v) is 3.22. The number of hydrogen-bond acceptors (Lipinski definition) is 6. The van der Waals surface area contributed by atoms with Crippen LogP contribution in [0.4, 0.5) is 11.5 Å². The monoisotopic (exact) mass is 356 g/mol. The zero-order valence-electron chi connectivity index (χ0n) is 14.6. The van der Waals surface area contributed by atoms with Crippen LogP contribution >= 0.6 is 0 Å². The van der Waals surface area contributed by atoms with E-state index >= 15 is 0 Å². The summed E-state index contributed by atoms with van der Waals surface area (Å²) >= 11 is 0. The molecule has 0 unspecified atom stereocenters. The van der Waals surface area contributed by atoms with Crippen molar-refractivity contribution >= 4 is 23.4 Å². The third kappa shape index (κ3) is 2.79. The molecule has 4 aromatic rings. The van der Waals surface area contributed by atoms with Gasteiger partial charge in [0.15, 0.2) is 5.65 Å². The minimum atomic E-state index is 0.314. The summed E-state index contributed by atoms with van der Waals surface area (Å²) in [7, 11) is 1.55. The van der Waals surface area contributed by atoms with Crippen molar-refractivity contribution in [3.8, 4) is 17.1 Å². The van der Waals surface area contributed by atoms with E-state index in [-0.39, 0.29) is 0 Å². The predicted molar refractivity (Wildman–Crippen MR) is 104 cm³/mol. The van der Waals surface area contributed by atoms with E-state index < -0.39 is 0 Å². The van der Waals surface area contributed by atoms with Gasteiger partial charge in [-0.15, -0.1) is 0 Å². The Morgan fingerprint density at radius 3 is 2.96 bits per heavy atom. The predicted octanol–water partition coefficient (Wildman–Crippen LogP) is 3.48. The van der Waals surface area contributed by atoms with E-state index in [1.165, 1.54) is 11.1 Å². The van der Waals surface area contributed by atoms with Gasteiger partial charge in [-0.1, -0.05) is 12.1 Å². The molecule has 0 atom stereocenters. The maximum atomic E-state index is 5.11. The fourth-order valence-electron chi connectivity index (χ4n) is 3.22. The maximum absolute atomic E-state index is 5.11. The van der Waals surface area contributed by atoms with Crippen LogP contribution < -0.4 is 10.1 Å². The summed E-state index contributed by atoms with van der Waals surface area (Å²) in [6.07, 6.45) is 9.36. The smallest absolute Gasteiger partial charge is 0.318 e. The van der Waals surface area contributed by atoms with Crippen molar-refractivity contribution in [1.82, 2.24) is 19.4 Å². The molecule has 27 heavy (non-hydrogen) atoms. The van der Waals surface area contributed by atoms with E-state index in [1.807, 2.05) is 16.8 Å². The summed E-state index contributed by atoms with van der Waals surface area (Å²) in [6.45, 7) is 0.738. The van der Waals surface area contributed by atoms with Gasteiger partial charge in [0.05, 0.1) is 19.3 Å². The van der Waals surface area contributed by atoms with Crippen LogP contribution in [0.2, 0.25) is 0 Å². The minimum Gasteiger partial charge on any atom is -0.467 e. The van der Waals surface area contributed by atoms with Gasteiger partial charge in [0.1, 0.15) is 5.82 Å². The SMILES string of the molecule is COc1nccc(Nc2cc(-c3ccc4c(c3)CN=C4)cn3ccnc23)n1. The topological polar surface area (TPSA) is 76.7 Å². The number of rotatable bonds is 4. The average molecular weight is 356 g/mol. The molecule has 0 amide bonds. The molecule has 1 aliphatic rings. The standard InChI is InChI=1S/C20H16N6O/c1-27-20-23-5-4-18(25-20)24-17-9-16(12-26-7-6-22-19(17)26)13-2-3-14-10-21-11-15(14)8-13/h2-10,12H,11H2,1H3,(H,23,24,25). The Kier molecular flexibility index (Phi) is 3.57. The van der Waals surface area contributed by atoms with Gasteiger partial charge in [-0.2, -0.15) is 4.98 Å². The number of ether oxygens (including phenoxy) is 1. The van der Waals surface area contributed by atoms with Crippen molar-refractivity contribution in [2.75, 3.05) is 12.4 Å². The maximum Gasteiger partial charge on any atom is 0.318 e. The molecule has 1 N–H and O–H groups in total. The highest BCUT2D eigenvalue weighted by Gasteiger charge is 2.12. The van der Waals surface area contributed by atoms with E-state index in [1.54, 1.807) is 25.6 Å². The second-order valence-electron chi connectivity index (χ2n) is 6.24. The van der Waals surface area contributed by atoms with E-state index in [0.29, 0.717) is 11.8 Å². The van der Waals surface area contributed by atoms with Gasteiger partial charge >= 0.3 is 6.01 Å². The van der Waals surface area contributed by atoms with Gasteiger partial charge in [-0.25, -0.2) is 9.97 Å². The third-order valence-electron chi connectivity index (χ3n) is 4.53. The van der Waals surface area contributed by atoms with Crippen LogP contribution in [0.3, 0.4) is 0 Å². The van der Waals surface area contributed by atoms with Gasteiger partial charge in [-0.3, -0.25) is 4.99 Å². The lowest BCUT2D eigenvalue weighted by molar-refractivity contribution is 0.380. The van der Waals surface area contributed by atoms with Crippen molar-refractivity contribution in [1.29, 1.82) is 0 Å². The fraction of sp³-hybridized carbons (Fsp3) is 0.100. The molecule has 7 heteroatoms. The average Bonchev–Trinajstić information content (AvgIpc) is 3.36. The molecule has 7 nitrogen and oxygen atoms in total. The molecule has 4 heterocycles. The first-order valence-corrected chi connectivity index (χ1v) is 8.54. The van der Waals surface area contributed by atoms with Crippen LogP contribution in [0.25, 0.3) is 16.8 Å². The first-order valence-electron chi connectivity index (χ1n) is 8.54. The molecule has 0 fully saturated rings. The van der Waals surface area contributed by atoms with Crippen molar-refractivity contribution in [3.63, 3.8) is 0 Å². The number of hydrogen-bond donors (Lipinski definition) is 1. The number of nitrogens with zero attached hydrogens (tertiary/aromatic N) is 5. The quantitative estimate of drug-likeness (QED) is 0.606. The summed E-state index contributed by atoms with van der Waals surface area (Å²) < 4.78 is 7.11. The number of imidazole rings is 1. The normalized spacial score (nSPS) is 12.3. The molecular weight excluding hydrogens is 340 g/mol. The molecule has 0 saturated heterocycles. The Morgan fingerprint density at radius 2 is 2.04 bits per heavy atom. The molecule has 132 valence electrons. The van der Waals surface area contributed by atoms with Crippen molar-refractivity contribution < 1.29 is 4.74 Å². The number of aromatic nitrogens is 4. The van der Waals surface area contributed by atoms with Gasteiger partial charge in [-0.05, 0) is 34.9 Å². The van der Waals surface area contributed by atoms with Crippen LogP contribution in [0, 0.1) is 0 Å². The van der Waals surface area contributed by atoms with Crippen molar-refractivity contribution in [2.24, 2.45) is 4.99 Å². The molecule has 1 aliphatic heterocycles. The van der Waals surface area contributed by atoms with Crippen LogP contribution in [0.5, 0.6) is 6.01 Å². The molecule has 0 spiro atoms. The Morgan fingerprint density at radius 1 is 1.07 bits per heavy atom. The molecule has 0 radical (unpaired) electrons. The number of pyridine rings is 1. The Bertz CT molecular complexity index is 1180. The summed E-state index contributed by atoms with van der Waals surface area (Å²) in [6, 6.07) is 10.6. The number of aliphatic imine (C=N–C) groups is 1. The number of anilines is 2. The Hall–Kier alpha value is -3.74. The summed E-state index contributed by atoms with van der Waals surface area (Å²) in [4.78, 5) is 17.2.